The number of nitrogens with zero attached hydrogens (tertiary/aromatic N) is 3. The second-order valence-electron chi connectivity index (χ2n) is 6.03. The monoisotopic (exact) mass is 342 g/mol. The first kappa shape index (κ1) is 15.6. The highest BCUT2D eigenvalue weighted by Gasteiger charge is 2.18. The number of anilines is 1. The van der Waals surface area contributed by atoms with E-state index in [0.29, 0.717) is 17.0 Å². The number of aromatic nitrogens is 2. The van der Waals surface area contributed by atoms with Gasteiger partial charge in [-0.2, -0.15) is 0 Å². The minimum absolute atomic E-state index is 0.103. The molecule has 0 atom stereocenters. The molecule has 7 heteroatoms. The van der Waals surface area contributed by atoms with Crippen molar-refractivity contribution in [2.45, 2.75) is 12.8 Å². The normalized spacial score (nSPS) is 14.2. The Bertz CT molecular complexity index is 947. The van der Waals surface area contributed by atoms with Gasteiger partial charge in [0.25, 0.3) is 0 Å². The van der Waals surface area contributed by atoms with Crippen LogP contribution < -0.4 is 5.32 Å². The molecule has 5 nitrogen and oxygen atoms in total. The number of amides is 2. The van der Waals surface area contributed by atoms with Gasteiger partial charge in [0.1, 0.15) is 5.65 Å². The zero-order valence-electron chi connectivity index (χ0n) is 13.4. The van der Waals surface area contributed by atoms with Crippen LogP contribution in [0.25, 0.3) is 16.9 Å². The van der Waals surface area contributed by atoms with Crippen molar-refractivity contribution in [3.8, 4) is 11.3 Å². The van der Waals surface area contributed by atoms with Crippen LogP contribution in [0.1, 0.15) is 12.8 Å². The van der Waals surface area contributed by atoms with Crippen LogP contribution in [0.4, 0.5) is 19.3 Å². The fourth-order valence-corrected chi connectivity index (χ4v) is 3.01. The van der Waals surface area contributed by atoms with E-state index >= 15 is 0 Å². The van der Waals surface area contributed by atoms with E-state index in [9.17, 15) is 13.6 Å². The Morgan fingerprint density at radius 3 is 2.76 bits per heavy atom. The highest BCUT2D eigenvalue weighted by Crippen LogP contribution is 2.25. The molecule has 128 valence electrons. The first-order chi connectivity index (χ1) is 12.1. The Hall–Kier alpha value is -2.96. The number of imidazole rings is 1. The summed E-state index contributed by atoms with van der Waals surface area (Å²) < 4.78 is 29.1. The molecule has 0 aliphatic carbocycles. The number of hydrogen-bond acceptors (Lipinski definition) is 2. The Morgan fingerprint density at radius 2 is 1.96 bits per heavy atom. The highest BCUT2D eigenvalue weighted by atomic mass is 19.2. The van der Waals surface area contributed by atoms with Crippen molar-refractivity contribution in [2.75, 3.05) is 18.4 Å². The zero-order valence-corrected chi connectivity index (χ0v) is 13.4. The number of nitrogens with one attached hydrogen (secondary N) is 1. The van der Waals surface area contributed by atoms with Gasteiger partial charge in [-0.25, -0.2) is 18.6 Å². The van der Waals surface area contributed by atoms with Gasteiger partial charge in [0.2, 0.25) is 0 Å². The average molecular weight is 342 g/mol. The van der Waals surface area contributed by atoms with Crippen molar-refractivity contribution in [1.82, 2.24) is 14.3 Å². The maximum atomic E-state index is 14.0. The third-order valence-corrected chi connectivity index (χ3v) is 4.33. The molecule has 0 bridgehead atoms. The number of urea groups is 1. The number of carbonyl (C=O) groups excluding carboxylic acids is 1. The van der Waals surface area contributed by atoms with Crippen LogP contribution in [0.15, 0.2) is 42.7 Å². The van der Waals surface area contributed by atoms with Gasteiger partial charge in [0.15, 0.2) is 11.6 Å². The van der Waals surface area contributed by atoms with Gasteiger partial charge < -0.3 is 14.6 Å². The van der Waals surface area contributed by atoms with Gasteiger partial charge in [0.05, 0.1) is 5.69 Å². The van der Waals surface area contributed by atoms with Crippen LogP contribution in [0.3, 0.4) is 0 Å². The van der Waals surface area contributed by atoms with Gasteiger partial charge in [-0.3, -0.25) is 0 Å². The van der Waals surface area contributed by atoms with Crippen molar-refractivity contribution in [2.24, 2.45) is 0 Å². The molecule has 3 heterocycles. The first-order valence-electron chi connectivity index (χ1n) is 8.11. The topological polar surface area (TPSA) is 49.6 Å². The van der Waals surface area contributed by atoms with E-state index in [1.54, 1.807) is 33.8 Å². The van der Waals surface area contributed by atoms with Gasteiger partial charge in [-0.05, 0) is 31.0 Å². The molecular weight excluding hydrogens is 326 g/mol. The molecule has 0 unspecified atom stereocenters. The van der Waals surface area contributed by atoms with E-state index in [1.807, 2.05) is 0 Å². The molecule has 3 aromatic rings. The van der Waals surface area contributed by atoms with Crippen LogP contribution >= 0.6 is 0 Å². The summed E-state index contributed by atoms with van der Waals surface area (Å²) in [5.74, 6) is -1.83. The third-order valence-electron chi connectivity index (χ3n) is 4.33. The summed E-state index contributed by atoms with van der Waals surface area (Å²) in [5.41, 5.74) is 1.59. The van der Waals surface area contributed by atoms with Crippen molar-refractivity contribution >= 4 is 17.4 Å². The number of likely N-dealkylation sites (tertiary alicyclic amines) is 1. The number of fused-ring (bicyclic) bond motifs is 1. The second kappa shape index (κ2) is 6.16. The zero-order chi connectivity index (χ0) is 17.4. The molecule has 1 saturated heterocycles. The second-order valence-corrected chi connectivity index (χ2v) is 6.03. The van der Waals surface area contributed by atoms with Crippen LogP contribution in [0.2, 0.25) is 0 Å². The average Bonchev–Trinajstić information content (AvgIpc) is 3.26. The molecule has 0 radical (unpaired) electrons. The predicted molar refractivity (Wildman–Crippen MR) is 90.4 cm³/mol. The summed E-state index contributed by atoms with van der Waals surface area (Å²) in [7, 11) is 0. The summed E-state index contributed by atoms with van der Waals surface area (Å²) in [4.78, 5) is 18.3. The molecule has 1 N–H and O–H groups in total. The van der Waals surface area contributed by atoms with Crippen LogP contribution in [-0.4, -0.2) is 33.4 Å². The molecule has 0 spiro atoms. The van der Waals surface area contributed by atoms with Crippen molar-refractivity contribution in [3.05, 3.63) is 54.4 Å². The molecule has 1 aromatic carbocycles. The van der Waals surface area contributed by atoms with E-state index in [-0.39, 0.29) is 11.6 Å². The van der Waals surface area contributed by atoms with Gasteiger partial charge in [0, 0.05) is 42.8 Å². The lowest BCUT2D eigenvalue weighted by molar-refractivity contribution is 0.222. The summed E-state index contributed by atoms with van der Waals surface area (Å²) in [6.45, 7) is 1.53. The Balaban J connectivity index is 1.63. The lowest BCUT2D eigenvalue weighted by Gasteiger charge is -2.16. The van der Waals surface area contributed by atoms with Crippen LogP contribution in [0, 0.1) is 11.6 Å². The van der Waals surface area contributed by atoms with E-state index in [4.69, 9.17) is 0 Å². The quantitative estimate of drug-likeness (QED) is 0.768. The Kier molecular flexibility index (Phi) is 3.83. The smallest absolute Gasteiger partial charge is 0.321 e. The SMILES string of the molecule is O=C(Nc1ccn2cc(-c3cccc(F)c3F)nc2c1)N1CCCC1. The fraction of sp³-hybridized carbons (Fsp3) is 0.222. The number of hydrogen-bond donors (Lipinski definition) is 1. The van der Waals surface area contributed by atoms with E-state index in [2.05, 4.69) is 10.3 Å². The molecule has 25 heavy (non-hydrogen) atoms. The molecule has 1 fully saturated rings. The summed E-state index contributed by atoms with van der Waals surface area (Å²) in [6.07, 6.45) is 5.40. The van der Waals surface area contributed by atoms with E-state index < -0.39 is 11.6 Å². The Morgan fingerprint density at radius 1 is 1.16 bits per heavy atom. The van der Waals surface area contributed by atoms with E-state index in [1.165, 1.54) is 12.1 Å². The molecule has 1 aliphatic heterocycles. The summed E-state index contributed by atoms with van der Waals surface area (Å²) in [5, 5.41) is 2.85. The Labute approximate surface area is 142 Å². The number of pyridine rings is 1. The van der Waals surface area contributed by atoms with Crippen LogP contribution in [0.5, 0.6) is 0 Å². The van der Waals surface area contributed by atoms with Gasteiger partial charge in [-0.15, -0.1) is 0 Å². The standard InChI is InChI=1S/C18H16F2N4O/c19-14-5-3-4-13(17(14)20)15-11-24-9-6-12(10-16(24)22-15)21-18(25)23-7-1-2-8-23/h3-6,9-11H,1-2,7-8H2,(H,21,25). The van der Waals surface area contributed by atoms with Gasteiger partial charge >= 0.3 is 6.03 Å². The lowest BCUT2D eigenvalue weighted by atomic mass is 10.1. The van der Waals surface area contributed by atoms with Crippen molar-refractivity contribution < 1.29 is 13.6 Å². The number of benzene rings is 1. The van der Waals surface area contributed by atoms with Crippen LogP contribution in [-0.2, 0) is 0 Å². The maximum absolute atomic E-state index is 14.0. The van der Waals surface area contributed by atoms with E-state index in [0.717, 1.165) is 32.0 Å². The first-order valence-corrected chi connectivity index (χ1v) is 8.11. The van der Waals surface area contributed by atoms with Crippen molar-refractivity contribution in [3.63, 3.8) is 0 Å². The number of carbonyl (C=O) groups is 1. The molecule has 2 aromatic heterocycles. The summed E-state index contributed by atoms with van der Waals surface area (Å²) >= 11 is 0. The predicted octanol–water partition coefficient (Wildman–Crippen LogP) is 3.91. The fourth-order valence-electron chi connectivity index (χ4n) is 3.01. The summed E-state index contributed by atoms with van der Waals surface area (Å²) in [6, 6.07) is 7.31. The molecular formula is C18H16F2N4O. The third kappa shape index (κ3) is 2.93. The highest BCUT2D eigenvalue weighted by molar-refractivity contribution is 5.90. The van der Waals surface area contributed by atoms with Crippen molar-refractivity contribution in [1.29, 1.82) is 0 Å². The number of halogens is 2. The minimum Gasteiger partial charge on any atom is -0.325 e. The lowest BCUT2D eigenvalue weighted by Crippen LogP contribution is -2.32. The minimum atomic E-state index is -0.923. The number of rotatable bonds is 2. The molecule has 2 amide bonds. The molecule has 0 saturated carbocycles. The molecule has 4 rings (SSSR count). The largest absolute Gasteiger partial charge is 0.325 e. The van der Waals surface area contributed by atoms with Gasteiger partial charge in [-0.1, -0.05) is 6.07 Å². The molecule has 1 aliphatic rings. The maximum Gasteiger partial charge on any atom is 0.321 e.